The van der Waals surface area contributed by atoms with Crippen molar-refractivity contribution in [3.8, 4) is 11.5 Å². The number of halogens is 1. The smallest absolute Gasteiger partial charge is 0.322 e. The zero-order valence-corrected chi connectivity index (χ0v) is 13.6. The van der Waals surface area contributed by atoms with Crippen LogP contribution in [-0.2, 0) is 4.79 Å². The highest BCUT2D eigenvalue weighted by Gasteiger charge is 2.11. The molecule has 0 unspecified atom stereocenters. The Morgan fingerprint density at radius 2 is 1.83 bits per heavy atom. The fourth-order valence-electron chi connectivity index (χ4n) is 1.92. The molecule has 0 saturated heterocycles. The predicted octanol–water partition coefficient (Wildman–Crippen LogP) is 3.91. The number of hydrogen-bond donors (Lipinski definition) is 1. The average molecular weight is 343 g/mol. The van der Waals surface area contributed by atoms with Crippen LogP contribution in [0.25, 0.3) is 11.5 Å². The van der Waals surface area contributed by atoms with E-state index in [4.69, 9.17) is 4.42 Å². The molecule has 1 N–H and O–H groups in total. The van der Waals surface area contributed by atoms with Crippen molar-refractivity contribution in [3.63, 3.8) is 0 Å². The maximum absolute atomic E-state index is 12.8. The van der Waals surface area contributed by atoms with Gasteiger partial charge >= 0.3 is 6.01 Å². The Labute approximate surface area is 142 Å². The number of thioether (sulfide) groups is 1. The monoisotopic (exact) mass is 343 g/mol. The highest BCUT2D eigenvalue weighted by Crippen LogP contribution is 2.21. The first-order valence-corrected chi connectivity index (χ1v) is 8.17. The molecule has 1 amide bonds. The van der Waals surface area contributed by atoms with Crippen LogP contribution >= 0.6 is 11.8 Å². The van der Waals surface area contributed by atoms with Crippen molar-refractivity contribution in [2.75, 3.05) is 11.1 Å². The topological polar surface area (TPSA) is 68.0 Å². The van der Waals surface area contributed by atoms with Crippen molar-refractivity contribution >= 4 is 23.7 Å². The fourth-order valence-corrected chi connectivity index (χ4v) is 2.62. The summed E-state index contributed by atoms with van der Waals surface area (Å²) in [6, 6.07) is 13.6. The van der Waals surface area contributed by atoms with Gasteiger partial charge in [0.1, 0.15) is 5.82 Å². The molecule has 0 atom stereocenters. The molecular weight excluding hydrogens is 329 g/mol. The number of amides is 1. The van der Waals surface area contributed by atoms with Crippen LogP contribution in [0.4, 0.5) is 10.4 Å². The van der Waals surface area contributed by atoms with Crippen molar-refractivity contribution in [2.24, 2.45) is 0 Å². The SMILES string of the molecule is Cc1ccc(-c2nnc(NC(=O)CSc3ccc(F)cc3)o2)cc1. The number of anilines is 1. The maximum Gasteiger partial charge on any atom is 0.322 e. The summed E-state index contributed by atoms with van der Waals surface area (Å²) in [7, 11) is 0. The number of benzene rings is 2. The van der Waals surface area contributed by atoms with Gasteiger partial charge in [0.25, 0.3) is 0 Å². The molecule has 1 aromatic heterocycles. The number of aryl methyl sites for hydroxylation is 1. The second kappa shape index (κ2) is 7.27. The molecular formula is C17H14FN3O2S. The fraction of sp³-hybridized carbons (Fsp3) is 0.118. The lowest BCUT2D eigenvalue weighted by molar-refractivity contribution is -0.113. The molecule has 7 heteroatoms. The van der Waals surface area contributed by atoms with E-state index in [2.05, 4.69) is 15.5 Å². The summed E-state index contributed by atoms with van der Waals surface area (Å²) < 4.78 is 18.3. The quantitative estimate of drug-likeness (QED) is 0.711. The van der Waals surface area contributed by atoms with Gasteiger partial charge in [0, 0.05) is 10.5 Å². The van der Waals surface area contributed by atoms with E-state index in [9.17, 15) is 9.18 Å². The molecule has 0 fully saturated rings. The van der Waals surface area contributed by atoms with Gasteiger partial charge in [0.05, 0.1) is 5.75 Å². The molecule has 2 aromatic carbocycles. The Bertz CT molecular complexity index is 832. The van der Waals surface area contributed by atoms with Crippen molar-refractivity contribution in [3.05, 3.63) is 59.9 Å². The second-order valence-corrected chi connectivity index (χ2v) is 6.12. The highest BCUT2D eigenvalue weighted by atomic mass is 32.2. The van der Waals surface area contributed by atoms with E-state index < -0.39 is 0 Å². The molecule has 0 aliphatic carbocycles. The van der Waals surface area contributed by atoms with Gasteiger partial charge in [0.15, 0.2) is 0 Å². The molecule has 1 heterocycles. The van der Waals surface area contributed by atoms with Gasteiger partial charge in [-0.05, 0) is 43.3 Å². The van der Waals surface area contributed by atoms with Crippen LogP contribution in [-0.4, -0.2) is 21.9 Å². The molecule has 0 saturated carbocycles. The summed E-state index contributed by atoms with van der Waals surface area (Å²) in [6.07, 6.45) is 0. The minimum absolute atomic E-state index is 0.0512. The van der Waals surface area contributed by atoms with Gasteiger partial charge in [-0.2, -0.15) is 0 Å². The Hall–Kier alpha value is -2.67. The van der Waals surface area contributed by atoms with Crippen molar-refractivity contribution in [1.29, 1.82) is 0 Å². The van der Waals surface area contributed by atoms with E-state index in [0.29, 0.717) is 5.89 Å². The Balaban J connectivity index is 1.57. The molecule has 0 bridgehead atoms. The molecule has 122 valence electrons. The van der Waals surface area contributed by atoms with E-state index in [1.807, 2.05) is 31.2 Å². The average Bonchev–Trinajstić information content (AvgIpc) is 3.03. The van der Waals surface area contributed by atoms with E-state index in [0.717, 1.165) is 16.0 Å². The first kappa shape index (κ1) is 16.2. The van der Waals surface area contributed by atoms with Crippen LogP contribution in [0.3, 0.4) is 0 Å². The molecule has 0 aliphatic rings. The zero-order chi connectivity index (χ0) is 16.9. The van der Waals surface area contributed by atoms with Gasteiger partial charge < -0.3 is 4.42 Å². The standard InChI is InChI=1S/C17H14FN3O2S/c1-11-2-4-12(5-3-11)16-20-21-17(23-16)19-15(22)10-24-14-8-6-13(18)7-9-14/h2-9H,10H2,1H3,(H,19,21,22). The molecule has 0 aliphatic heterocycles. The van der Waals surface area contributed by atoms with Gasteiger partial charge in [0.2, 0.25) is 11.8 Å². The Morgan fingerprint density at radius 3 is 2.54 bits per heavy atom. The number of carbonyl (C=O) groups excluding carboxylic acids is 1. The molecule has 3 aromatic rings. The van der Waals surface area contributed by atoms with Crippen molar-refractivity contribution in [2.45, 2.75) is 11.8 Å². The number of nitrogens with one attached hydrogen (secondary N) is 1. The summed E-state index contributed by atoms with van der Waals surface area (Å²) in [4.78, 5) is 12.7. The highest BCUT2D eigenvalue weighted by molar-refractivity contribution is 8.00. The van der Waals surface area contributed by atoms with Crippen LogP contribution < -0.4 is 5.32 Å². The minimum atomic E-state index is -0.307. The number of aromatic nitrogens is 2. The molecule has 0 radical (unpaired) electrons. The molecule has 0 spiro atoms. The van der Waals surface area contributed by atoms with Gasteiger partial charge in [-0.3, -0.25) is 10.1 Å². The summed E-state index contributed by atoms with van der Waals surface area (Å²) in [5, 5.41) is 10.3. The summed E-state index contributed by atoms with van der Waals surface area (Å²) in [5.74, 6) is -0.0772. The van der Waals surface area contributed by atoms with Crippen LogP contribution in [0.5, 0.6) is 0 Å². The van der Waals surface area contributed by atoms with Crippen LogP contribution in [0, 0.1) is 12.7 Å². The summed E-state index contributed by atoms with van der Waals surface area (Å²) >= 11 is 1.29. The van der Waals surface area contributed by atoms with E-state index in [1.54, 1.807) is 12.1 Å². The second-order valence-electron chi connectivity index (χ2n) is 5.07. The van der Waals surface area contributed by atoms with Crippen LogP contribution in [0.2, 0.25) is 0 Å². The number of nitrogens with zero attached hydrogens (tertiary/aromatic N) is 2. The van der Waals surface area contributed by atoms with E-state index in [1.165, 1.54) is 23.9 Å². The third-order valence-corrected chi connectivity index (χ3v) is 4.17. The molecule has 3 rings (SSSR count). The van der Waals surface area contributed by atoms with Crippen LogP contribution in [0.1, 0.15) is 5.56 Å². The first-order valence-electron chi connectivity index (χ1n) is 7.19. The number of rotatable bonds is 5. The van der Waals surface area contributed by atoms with Gasteiger partial charge in [-0.25, -0.2) is 4.39 Å². The largest absolute Gasteiger partial charge is 0.403 e. The van der Waals surface area contributed by atoms with E-state index >= 15 is 0 Å². The van der Waals surface area contributed by atoms with E-state index in [-0.39, 0.29) is 23.5 Å². The Kier molecular flexibility index (Phi) is 4.90. The third-order valence-electron chi connectivity index (χ3n) is 3.15. The lowest BCUT2D eigenvalue weighted by Crippen LogP contribution is -2.14. The first-order chi connectivity index (χ1) is 11.6. The van der Waals surface area contributed by atoms with Gasteiger partial charge in [-0.15, -0.1) is 16.9 Å². The lowest BCUT2D eigenvalue weighted by atomic mass is 10.1. The zero-order valence-electron chi connectivity index (χ0n) is 12.8. The third kappa shape index (κ3) is 4.20. The number of carbonyl (C=O) groups is 1. The van der Waals surface area contributed by atoms with Gasteiger partial charge in [-0.1, -0.05) is 22.8 Å². The summed E-state index contributed by atoms with van der Waals surface area (Å²) in [5.41, 5.74) is 1.92. The van der Waals surface area contributed by atoms with Crippen molar-refractivity contribution < 1.29 is 13.6 Å². The summed E-state index contributed by atoms with van der Waals surface area (Å²) in [6.45, 7) is 1.99. The minimum Gasteiger partial charge on any atom is -0.403 e. The number of hydrogen-bond acceptors (Lipinski definition) is 5. The normalized spacial score (nSPS) is 10.6. The Morgan fingerprint density at radius 1 is 1.12 bits per heavy atom. The van der Waals surface area contributed by atoms with Crippen LogP contribution in [0.15, 0.2) is 57.8 Å². The molecule has 5 nitrogen and oxygen atoms in total. The molecule has 24 heavy (non-hydrogen) atoms. The maximum atomic E-state index is 12.8. The van der Waals surface area contributed by atoms with Crippen molar-refractivity contribution in [1.82, 2.24) is 10.2 Å². The lowest BCUT2D eigenvalue weighted by Gasteiger charge is -2.01. The predicted molar refractivity (Wildman–Crippen MR) is 90.2 cm³/mol.